The molecule has 0 atom stereocenters. The molecule has 0 heterocycles. The van der Waals surface area contributed by atoms with Crippen LogP contribution in [0, 0.1) is 0 Å². The van der Waals surface area contributed by atoms with E-state index in [4.69, 9.17) is 0 Å². The van der Waals surface area contributed by atoms with Crippen LogP contribution in [0.15, 0.2) is 36.4 Å². The number of carbonyl (C=O) groups is 2. The van der Waals surface area contributed by atoms with Crippen molar-refractivity contribution in [3.05, 3.63) is 42.0 Å². The fourth-order valence-electron chi connectivity index (χ4n) is 1.03. The van der Waals surface area contributed by atoms with Crippen LogP contribution in [0.1, 0.15) is 12.0 Å². The quantitative estimate of drug-likeness (QED) is 0.238. The summed E-state index contributed by atoms with van der Waals surface area (Å²) >= 11 is 0. The van der Waals surface area contributed by atoms with Crippen LogP contribution in [0.4, 0.5) is 0 Å². The molecule has 0 fully saturated rings. The van der Waals surface area contributed by atoms with Crippen LogP contribution in [0.3, 0.4) is 0 Å². The summed E-state index contributed by atoms with van der Waals surface area (Å²) in [5, 5.41) is 21.4. The van der Waals surface area contributed by atoms with Crippen LogP contribution in [-0.4, -0.2) is 11.8 Å². The molecule has 0 aliphatic heterocycles. The molecular weight excluding hydrogens is 274 g/mol. The molecule has 1 aromatic carbocycles. The smallest absolute Gasteiger partial charge is 0.872 e. The van der Waals surface area contributed by atoms with E-state index in [0.717, 1.165) is 6.08 Å². The van der Waals surface area contributed by atoms with Crippen molar-refractivity contribution < 1.29 is 123 Å². The minimum atomic E-state index is -1.49. The Bertz CT molecular complexity index is 401. The van der Waals surface area contributed by atoms with Gasteiger partial charge in [0.15, 0.2) is 5.78 Å². The van der Waals surface area contributed by atoms with E-state index in [0.29, 0.717) is 5.56 Å². The summed E-state index contributed by atoms with van der Waals surface area (Å²) in [6.07, 6.45) is 0.00368. The van der Waals surface area contributed by atoms with E-state index in [9.17, 15) is 19.8 Å². The summed E-state index contributed by atoms with van der Waals surface area (Å²) in [6, 6.07) is 8.14. The molecule has 0 bridgehead atoms. The summed E-state index contributed by atoms with van der Waals surface area (Å²) in [5.41, 5.74) is 0.351. The van der Waals surface area contributed by atoms with Gasteiger partial charge in [0.1, 0.15) is 0 Å². The normalized spacial score (nSPS) is 9.76. The van der Waals surface area contributed by atoms with Crippen molar-refractivity contribution in [1.29, 1.82) is 0 Å². The van der Waals surface area contributed by atoms with Gasteiger partial charge >= 0.3 is 103 Å². The van der Waals surface area contributed by atoms with Crippen LogP contribution >= 0.6 is 0 Å². The van der Waals surface area contributed by atoms with Crippen LogP contribution in [-0.2, 0) is 9.59 Å². The molecule has 0 aliphatic carbocycles. The molecule has 1 rings (SSSR count). The number of carboxylic acids is 1. The Balaban J connectivity index is 0. The van der Waals surface area contributed by atoms with E-state index < -0.39 is 23.9 Å². The van der Waals surface area contributed by atoms with E-state index in [2.05, 4.69) is 0 Å². The Morgan fingerprint density at radius 1 is 1.06 bits per heavy atom. The van der Waals surface area contributed by atoms with Gasteiger partial charge < -0.3 is 15.0 Å². The SMILES string of the molecule is O=C([O-])CC(=O)/C=C(\[O-])c1ccccc1.[K+].[K+]. The van der Waals surface area contributed by atoms with Gasteiger partial charge in [-0.05, 0) is 11.6 Å². The van der Waals surface area contributed by atoms with Crippen molar-refractivity contribution in [3.8, 4) is 0 Å². The summed E-state index contributed by atoms with van der Waals surface area (Å²) in [5.74, 6) is -2.75. The van der Waals surface area contributed by atoms with Crippen molar-refractivity contribution in [2.75, 3.05) is 0 Å². The first-order valence-electron chi connectivity index (χ1n) is 4.26. The molecule has 78 valence electrons. The summed E-state index contributed by atoms with van der Waals surface area (Å²) in [7, 11) is 0. The molecule has 0 spiro atoms. The van der Waals surface area contributed by atoms with E-state index in [1.165, 1.54) is 0 Å². The number of ketones is 1. The Morgan fingerprint density at radius 2 is 1.59 bits per heavy atom. The number of aliphatic carboxylic acids is 1. The number of benzene rings is 1. The van der Waals surface area contributed by atoms with E-state index in [-0.39, 0.29) is 103 Å². The minimum absolute atomic E-state index is 0. The molecule has 4 nitrogen and oxygen atoms in total. The van der Waals surface area contributed by atoms with Crippen molar-refractivity contribution >= 4 is 17.5 Å². The molecule has 0 aromatic heterocycles. The van der Waals surface area contributed by atoms with Crippen LogP contribution in [0.5, 0.6) is 0 Å². The van der Waals surface area contributed by atoms with Gasteiger partial charge in [-0.15, -0.1) is 0 Å². The molecule has 1 aromatic rings. The molecule has 0 aliphatic rings. The van der Waals surface area contributed by atoms with Gasteiger partial charge in [0.2, 0.25) is 0 Å². The third kappa shape index (κ3) is 8.82. The Labute approximate surface area is 184 Å². The first-order chi connectivity index (χ1) is 7.09. The van der Waals surface area contributed by atoms with Gasteiger partial charge in [-0.1, -0.05) is 36.1 Å². The number of hydrogen-bond acceptors (Lipinski definition) is 4. The maximum Gasteiger partial charge on any atom is 1.00 e. The van der Waals surface area contributed by atoms with Gasteiger partial charge in [0, 0.05) is 5.97 Å². The molecule has 0 saturated heterocycles. The van der Waals surface area contributed by atoms with Crippen LogP contribution in [0.25, 0.3) is 5.76 Å². The average Bonchev–Trinajstić information content (AvgIpc) is 2.17. The zero-order valence-electron chi connectivity index (χ0n) is 9.80. The van der Waals surface area contributed by atoms with Gasteiger partial charge in [0.05, 0.1) is 6.42 Å². The van der Waals surface area contributed by atoms with Gasteiger partial charge in [-0.2, -0.15) is 0 Å². The second-order valence-corrected chi connectivity index (χ2v) is 2.89. The molecule has 0 amide bonds. The molecule has 6 heteroatoms. The van der Waals surface area contributed by atoms with Crippen LogP contribution in [0.2, 0.25) is 0 Å². The van der Waals surface area contributed by atoms with E-state index in [1.54, 1.807) is 30.3 Å². The van der Waals surface area contributed by atoms with Gasteiger partial charge in [-0.3, -0.25) is 4.79 Å². The predicted molar refractivity (Wildman–Crippen MR) is 49.1 cm³/mol. The number of carboxylic acid groups (broad SMARTS) is 1. The minimum Gasteiger partial charge on any atom is -0.872 e. The van der Waals surface area contributed by atoms with Crippen molar-refractivity contribution in [2.45, 2.75) is 6.42 Å². The number of allylic oxidation sites excluding steroid dienone is 1. The Morgan fingerprint density at radius 3 is 2.06 bits per heavy atom. The van der Waals surface area contributed by atoms with Gasteiger partial charge in [0.25, 0.3) is 0 Å². The fraction of sp³-hybridized carbons (Fsp3) is 0.0909. The summed E-state index contributed by atoms with van der Waals surface area (Å²) < 4.78 is 0. The molecular formula is C11H8K2O4. The number of hydrogen-bond donors (Lipinski definition) is 0. The molecule has 0 saturated carbocycles. The number of rotatable bonds is 4. The zero-order chi connectivity index (χ0) is 11.3. The Kier molecular flexibility index (Phi) is 13.3. The second-order valence-electron chi connectivity index (χ2n) is 2.89. The number of carbonyl (C=O) groups excluding carboxylic acids is 2. The summed E-state index contributed by atoms with van der Waals surface area (Å²) in [4.78, 5) is 21.0. The molecule has 0 unspecified atom stereocenters. The monoisotopic (exact) mass is 282 g/mol. The predicted octanol–water partition coefficient (Wildman–Crippen LogP) is -6.90. The molecule has 0 N–H and O–H groups in total. The fourth-order valence-corrected chi connectivity index (χ4v) is 1.03. The average molecular weight is 282 g/mol. The second kappa shape index (κ2) is 11.0. The van der Waals surface area contributed by atoms with Crippen molar-refractivity contribution in [1.82, 2.24) is 0 Å². The largest absolute Gasteiger partial charge is 1.00 e. The van der Waals surface area contributed by atoms with Crippen molar-refractivity contribution in [3.63, 3.8) is 0 Å². The standard InChI is InChI=1S/C11H10O4.2K/c12-9(7-11(14)15)6-10(13)8-4-2-1-3-5-8;;/h1-6,13H,7H2,(H,14,15);;/q;2*+1/p-2/b10-6-;;. The maximum atomic E-state index is 11.3. The third-order valence-electron chi connectivity index (χ3n) is 1.67. The topological polar surface area (TPSA) is 80.3 Å². The van der Waals surface area contributed by atoms with E-state index in [1.807, 2.05) is 0 Å². The molecule has 17 heavy (non-hydrogen) atoms. The first kappa shape index (κ1) is 20.5. The maximum absolute atomic E-state index is 11.3. The van der Waals surface area contributed by atoms with Gasteiger partial charge in [-0.25, -0.2) is 0 Å². The van der Waals surface area contributed by atoms with Crippen molar-refractivity contribution in [2.24, 2.45) is 0 Å². The zero-order valence-corrected chi connectivity index (χ0v) is 16.1. The molecule has 0 radical (unpaired) electrons. The first-order valence-corrected chi connectivity index (χ1v) is 4.26. The summed E-state index contributed by atoms with van der Waals surface area (Å²) in [6.45, 7) is 0. The third-order valence-corrected chi connectivity index (χ3v) is 1.67. The Hall–Kier alpha value is 1.17. The van der Waals surface area contributed by atoms with E-state index >= 15 is 0 Å². The van der Waals surface area contributed by atoms with Crippen LogP contribution < -0.4 is 113 Å².